The van der Waals surface area contributed by atoms with Gasteiger partial charge in [0, 0.05) is 29.3 Å². The average Bonchev–Trinajstić information content (AvgIpc) is 3.39. The molecule has 0 saturated heterocycles. The van der Waals surface area contributed by atoms with Gasteiger partial charge in [-0.15, -0.1) is 10.2 Å². The topological polar surface area (TPSA) is 103 Å². The normalized spacial score (nSPS) is 11.9. The third-order valence-corrected chi connectivity index (χ3v) is 6.44. The van der Waals surface area contributed by atoms with Crippen molar-refractivity contribution in [3.05, 3.63) is 77.4 Å². The molecule has 0 spiro atoms. The van der Waals surface area contributed by atoms with Gasteiger partial charge < -0.3 is 9.72 Å². The van der Waals surface area contributed by atoms with Crippen molar-refractivity contribution >= 4 is 23.5 Å². The predicted molar refractivity (Wildman–Crippen MR) is 130 cm³/mol. The molecule has 1 aromatic carbocycles. The molecule has 3 heterocycles. The molecule has 0 bridgehead atoms. The Morgan fingerprint density at radius 3 is 2.47 bits per heavy atom. The molecule has 0 saturated carbocycles. The van der Waals surface area contributed by atoms with Crippen LogP contribution in [0.15, 0.2) is 60.0 Å². The van der Waals surface area contributed by atoms with Crippen LogP contribution in [0.1, 0.15) is 46.0 Å². The number of thioether (sulfide) groups is 1. The summed E-state index contributed by atoms with van der Waals surface area (Å²) in [6.07, 6.45) is 3.41. The molecule has 0 aliphatic heterocycles. The molecule has 0 aliphatic rings. The molecule has 0 radical (unpaired) electrons. The number of Topliss-reactive ketones (excluding diaryl/α,β-unsaturated/α-hetero) is 1. The van der Waals surface area contributed by atoms with Crippen molar-refractivity contribution in [2.75, 3.05) is 6.61 Å². The van der Waals surface area contributed by atoms with E-state index in [-0.39, 0.29) is 12.4 Å². The summed E-state index contributed by atoms with van der Waals surface area (Å²) in [7, 11) is 0. The highest BCUT2D eigenvalue weighted by molar-refractivity contribution is 8.00. The maximum absolute atomic E-state index is 13.4. The second-order valence-electron chi connectivity index (χ2n) is 7.68. The number of esters is 1. The molecule has 8 nitrogen and oxygen atoms in total. The second kappa shape index (κ2) is 10.0. The Morgan fingerprint density at radius 2 is 1.79 bits per heavy atom. The number of nitrogens with zero attached hydrogens (tertiary/aromatic N) is 4. The number of pyridine rings is 1. The van der Waals surface area contributed by atoms with E-state index in [0.29, 0.717) is 33.5 Å². The van der Waals surface area contributed by atoms with Crippen LogP contribution in [0.3, 0.4) is 0 Å². The number of ether oxygens (including phenoxy) is 1. The zero-order valence-electron chi connectivity index (χ0n) is 19.4. The van der Waals surface area contributed by atoms with E-state index in [1.54, 1.807) is 33.2 Å². The van der Waals surface area contributed by atoms with Gasteiger partial charge in [-0.3, -0.25) is 14.3 Å². The van der Waals surface area contributed by atoms with E-state index in [1.165, 1.54) is 11.8 Å². The first kappa shape index (κ1) is 23.4. The molecule has 0 fully saturated rings. The van der Waals surface area contributed by atoms with E-state index < -0.39 is 11.2 Å². The summed E-state index contributed by atoms with van der Waals surface area (Å²) < 4.78 is 7.08. The van der Waals surface area contributed by atoms with Gasteiger partial charge in [0.2, 0.25) is 0 Å². The molecular formula is C25H25N5O3S. The summed E-state index contributed by atoms with van der Waals surface area (Å²) in [5.74, 6) is 0.0976. The number of carbonyl (C=O) groups is 2. The molecule has 9 heteroatoms. The molecule has 34 heavy (non-hydrogen) atoms. The minimum Gasteiger partial charge on any atom is -0.462 e. The minimum atomic E-state index is -0.483. The Labute approximate surface area is 201 Å². The van der Waals surface area contributed by atoms with Crippen LogP contribution < -0.4 is 0 Å². The van der Waals surface area contributed by atoms with Crippen LogP contribution in [-0.4, -0.2) is 48.3 Å². The monoisotopic (exact) mass is 475 g/mol. The lowest BCUT2D eigenvalue weighted by Crippen LogP contribution is -2.16. The molecule has 0 amide bonds. The number of aromatic amines is 1. The van der Waals surface area contributed by atoms with E-state index in [2.05, 4.69) is 20.2 Å². The van der Waals surface area contributed by atoms with Crippen molar-refractivity contribution in [3.8, 4) is 17.1 Å². The first-order valence-corrected chi connectivity index (χ1v) is 11.8. The Balaban J connectivity index is 1.67. The molecule has 1 atom stereocenters. The Hall–Kier alpha value is -3.72. The van der Waals surface area contributed by atoms with Gasteiger partial charge in [0.05, 0.1) is 23.1 Å². The molecule has 1 N–H and O–H groups in total. The number of hydrogen-bond acceptors (Lipinski definition) is 7. The highest BCUT2D eigenvalue weighted by Gasteiger charge is 2.28. The number of ketones is 1. The number of carbonyl (C=O) groups excluding carboxylic acids is 2. The molecule has 1 unspecified atom stereocenters. The van der Waals surface area contributed by atoms with Crippen LogP contribution in [0, 0.1) is 13.8 Å². The van der Waals surface area contributed by atoms with E-state index in [4.69, 9.17) is 4.74 Å². The van der Waals surface area contributed by atoms with Crippen molar-refractivity contribution in [1.82, 2.24) is 24.7 Å². The van der Waals surface area contributed by atoms with Crippen molar-refractivity contribution in [2.45, 2.75) is 38.1 Å². The third-order valence-electron chi connectivity index (χ3n) is 5.40. The highest BCUT2D eigenvalue weighted by atomic mass is 32.2. The SMILES string of the molecule is CCOC(=O)c1c(C)[nH]c(C(=O)C(C)Sc2nnc(-c3ccncc3)n2-c2ccccc2)c1C. The van der Waals surface area contributed by atoms with Crippen LogP contribution in [-0.2, 0) is 4.74 Å². The van der Waals surface area contributed by atoms with E-state index in [9.17, 15) is 9.59 Å². The lowest BCUT2D eigenvalue weighted by molar-refractivity contribution is 0.0525. The van der Waals surface area contributed by atoms with Crippen LogP contribution in [0.4, 0.5) is 0 Å². The molecular weight excluding hydrogens is 450 g/mol. The minimum absolute atomic E-state index is 0.130. The fourth-order valence-electron chi connectivity index (χ4n) is 3.76. The molecule has 174 valence electrons. The van der Waals surface area contributed by atoms with Crippen molar-refractivity contribution < 1.29 is 14.3 Å². The van der Waals surface area contributed by atoms with Gasteiger partial charge in [0.15, 0.2) is 16.8 Å². The van der Waals surface area contributed by atoms with Crippen molar-refractivity contribution in [1.29, 1.82) is 0 Å². The van der Waals surface area contributed by atoms with Crippen LogP contribution in [0.25, 0.3) is 17.1 Å². The Kier molecular flexibility index (Phi) is 6.93. The molecule has 4 rings (SSSR count). The van der Waals surface area contributed by atoms with Gasteiger partial charge in [0.1, 0.15) is 0 Å². The smallest absolute Gasteiger partial charge is 0.340 e. The van der Waals surface area contributed by atoms with Gasteiger partial charge in [-0.05, 0) is 57.5 Å². The van der Waals surface area contributed by atoms with E-state index >= 15 is 0 Å². The number of aryl methyl sites for hydroxylation is 1. The zero-order valence-corrected chi connectivity index (χ0v) is 20.2. The number of para-hydroxylation sites is 1. The maximum Gasteiger partial charge on any atom is 0.340 e. The lowest BCUT2D eigenvalue weighted by atomic mass is 10.1. The zero-order chi connectivity index (χ0) is 24.2. The average molecular weight is 476 g/mol. The Bertz CT molecular complexity index is 1320. The summed E-state index contributed by atoms with van der Waals surface area (Å²) in [5, 5.41) is 8.92. The number of nitrogens with one attached hydrogen (secondary N) is 1. The first-order valence-electron chi connectivity index (χ1n) is 10.9. The van der Waals surface area contributed by atoms with E-state index in [1.807, 2.05) is 54.0 Å². The molecule has 0 aliphatic carbocycles. The van der Waals surface area contributed by atoms with E-state index in [0.717, 1.165) is 11.3 Å². The predicted octanol–water partition coefficient (Wildman–Crippen LogP) is 4.81. The van der Waals surface area contributed by atoms with Gasteiger partial charge in [0.25, 0.3) is 0 Å². The lowest BCUT2D eigenvalue weighted by Gasteiger charge is -2.13. The number of rotatable bonds is 8. The highest BCUT2D eigenvalue weighted by Crippen LogP contribution is 2.32. The molecule has 4 aromatic rings. The Morgan fingerprint density at radius 1 is 1.09 bits per heavy atom. The number of hydrogen-bond donors (Lipinski definition) is 1. The number of aromatic nitrogens is 5. The largest absolute Gasteiger partial charge is 0.462 e. The van der Waals surface area contributed by atoms with Gasteiger partial charge in [-0.25, -0.2) is 4.79 Å². The van der Waals surface area contributed by atoms with Gasteiger partial charge >= 0.3 is 5.97 Å². The van der Waals surface area contributed by atoms with Gasteiger partial charge in [-0.2, -0.15) is 0 Å². The van der Waals surface area contributed by atoms with Crippen molar-refractivity contribution in [3.63, 3.8) is 0 Å². The van der Waals surface area contributed by atoms with Crippen LogP contribution in [0.2, 0.25) is 0 Å². The summed E-state index contributed by atoms with van der Waals surface area (Å²) in [5.41, 5.74) is 3.78. The maximum atomic E-state index is 13.4. The van der Waals surface area contributed by atoms with Crippen LogP contribution >= 0.6 is 11.8 Å². The van der Waals surface area contributed by atoms with Crippen LogP contribution in [0.5, 0.6) is 0 Å². The second-order valence-corrected chi connectivity index (χ2v) is 8.99. The fourth-order valence-corrected chi connectivity index (χ4v) is 4.69. The number of H-pyrrole nitrogens is 1. The standard InChI is InChI=1S/C25H25N5O3S/c1-5-33-24(32)20-15(2)21(27-16(20)3)22(31)17(4)34-25-29-28-23(18-11-13-26-14-12-18)30(25)19-9-7-6-8-10-19/h6-14,17,27H,5H2,1-4H3. The summed E-state index contributed by atoms with van der Waals surface area (Å²) in [6.45, 7) is 7.37. The van der Waals surface area contributed by atoms with Gasteiger partial charge in [-0.1, -0.05) is 30.0 Å². The van der Waals surface area contributed by atoms with Crippen molar-refractivity contribution in [2.24, 2.45) is 0 Å². The first-order chi connectivity index (χ1) is 16.4. The molecule has 3 aromatic heterocycles. The summed E-state index contributed by atoms with van der Waals surface area (Å²) in [4.78, 5) is 32.9. The quantitative estimate of drug-likeness (QED) is 0.221. The summed E-state index contributed by atoms with van der Waals surface area (Å²) >= 11 is 1.31. The fraction of sp³-hybridized carbons (Fsp3) is 0.240. The number of benzene rings is 1. The summed E-state index contributed by atoms with van der Waals surface area (Å²) in [6, 6.07) is 13.5. The third kappa shape index (κ3) is 4.51.